The van der Waals surface area contributed by atoms with E-state index in [0.29, 0.717) is 6.61 Å². The highest BCUT2D eigenvalue weighted by molar-refractivity contribution is 5.68. The highest BCUT2D eigenvalue weighted by atomic mass is 16.6. The van der Waals surface area contributed by atoms with Crippen molar-refractivity contribution in [1.82, 2.24) is 0 Å². The van der Waals surface area contributed by atoms with Crippen molar-refractivity contribution >= 4 is 5.97 Å². The van der Waals surface area contributed by atoms with Crippen LogP contribution < -0.4 is 0 Å². The zero-order valence-corrected chi connectivity index (χ0v) is 19.7. The third-order valence-electron chi connectivity index (χ3n) is 10.5. The standard InChI is InChI=1S/C26H34O7/c1-12-14(13-5-6-31-10-13)7-15-20(12)26(4)16(8-19(29)30)25(3)18(28)9-17(27)24(2)11-32-21(22(24)25)23(26)33-15/h5-6,10,14-18,21-23,27-28H,7-9,11H2,1-4H3,(H,29,30)/t14-,15+,16+,17+,18-,21+,22-,23+,24+,25-,26+/m0/s1. The molecule has 4 fully saturated rings. The van der Waals surface area contributed by atoms with Crippen LogP contribution in [0.3, 0.4) is 0 Å². The summed E-state index contributed by atoms with van der Waals surface area (Å²) >= 11 is 0. The van der Waals surface area contributed by atoms with Crippen LogP contribution in [0.2, 0.25) is 0 Å². The summed E-state index contributed by atoms with van der Waals surface area (Å²) in [5, 5.41) is 32.5. The van der Waals surface area contributed by atoms with Gasteiger partial charge in [-0.25, -0.2) is 0 Å². The maximum Gasteiger partial charge on any atom is 0.303 e. The van der Waals surface area contributed by atoms with Crippen molar-refractivity contribution in [1.29, 1.82) is 0 Å². The van der Waals surface area contributed by atoms with Crippen LogP contribution in [0.4, 0.5) is 0 Å². The topological polar surface area (TPSA) is 109 Å². The number of aliphatic hydroxyl groups excluding tert-OH is 2. The number of carbonyl (C=O) groups is 1. The minimum atomic E-state index is -0.871. The molecule has 0 spiro atoms. The van der Waals surface area contributed by atoms with Crippen molar-refractivity contribution in [3.63, 3.8) is 0 Å². The summed E-state index contributed by atoms with van der Waals surface area (Å²) < 4.78 is 18.5. The van der Waals surface area contributed by atoms with Gasteiger partial charge >= 0.3 is 5.97 Å². The van der Waals surface area contributed by atoms with Crippen LogP contribution in [0.25, 0.3) is 0 Å². The van der Waals surface area contributed by atoms with E-state index in [0.717, 1.165) is 12.0 Å². The van der Waals surface area contributed by atoms with Gasteiger partial charge in [-0.15, -0.1) is 0 Å². The number of aliphatic hydroxyl groups is 2. The van der Waals surface area contributed by atoms with Crippen molar-refractivity contribution in [3.8, 4) is 0 Å². The first-order valence-electron chi connectivity index (χ1n) is 12.1. The Bertz CT molecular complexity index is 1020. The van der Waals surface area contributed by atoms with E-state index in [-0.39, 0.29) is 48.9 Å². The molecule has 7 nitrogen and oxygen atoms in total. The number of carboxylic acid groups (broad SMARTS) is 1. The van der Waals surface area contributed by atoms with E-state index in [1.54, 1.807) is 12.5 Å². The number of carboxylic acids is 1. The fourth-order valence-electron chi connectivity index (χ4n) is 9.09. The number of furan rings is 1. The van der Waals surface area contributed by atoms with Crippen LogP contribution in [0, 0.1) is 28.1 Å². The zero-order chi connectivity index (χ0) is 23.5. The second-order valence-electron chi connectivity index (χ2n) is 11.8. The number of fused-ring (bicyclic) bond motifs is 4. The number of aliphatic carboxylic acids is 1. The van der Waals surface area contributed by atoms with Gasteiger partial charge in [0, 0.05) is 40.9 Å². The molecule has 180 valence electrons. The van der Waals surface area contributed by atoms with E-state index in [9.17, 15) is 20.1 Å². The van der Waals surface area contributed by atoms with E-state index >= 15 is 0 Å². The first-order valence-corrected chi connectivity index (χ1v) is 12.1. The second kappa shape index (κ2) is 6.72. The Balaban J connectivity index is 1.55. The average molecular weight is 459 g/mol. The highest BCUT2D eigenvalue weighted by Crippen LogP contribution is 2.73. The van der Waals surface area contributed by atoms with Crippen molar-refractivity contribution in [2.75, 3.05) is 6.61 Å². The fourth-order valence-corrected chi connectivity index (χ4v) is 9.09. The SMILES string of the molecule is CC1=C2[C@@H](C[C@@H]1c1ccoc1)O[C@@H]1[C@@H]3OC[C@]4(C)[C@H](O)C[C@H](O)[C@@](C)([C@@H]34)[C@@H](CC(=O)O)[C@]21C. The first-order chi connectivity index (χ1) is 15.5. The van der Waals surface area contributed by atoms with Gasteiger partial charge in [0.05, 0.1) is 49.7 Å². The number of hydrogen-bond donors (Lipinski definition) is 3. The number of allylic oxidation sites excluding steroid dienone is 1. The number of ether oxygens (including phenoxy) is 2. The van der Waals surface area contributed by atoms with Crippen LogP contribution in [-0.2, 0) is 14.3 Å². The lowest BCUT2D eigenvalue weighted by molar-refractivity contribution is -0.242. The lowest BCUT2D eigenvalue weighted by atomic mass is 9.40. The molecule has 7 heteroatoms. The normalized spacial score (nSPS) is 52.5. The zero-order valence-electron chi connectivity index (χ0n) is 19.7. The first kappa shape index (κ1) is 21.8. The van der Waals surface area contributed by atoms with Gasteiger partial charge in [-0.3, -0.25) is 4.79 Å². The van der Waals surface area contributed by atoms with Crippen molar-refractivity contribution < 1.29 is 34.0 Å². The highest BCUT2D eigenvalue weighted by Gasteiger charge is 2.77. The largest absolute Gasteiger partial charge is 0.481 e. The Labute approximate surface area is 193 Å². The summed E-state index contributed by atoms with van der Waals surface area (Å²) in [4.78, 5) is 12.2. The predicted octanol–water partition coefficient (Wildman–Crippen LogP) is 3.11. The van der Waals surface area contributed by atoms with Gasteiger partial charge in [0.25, 0.3) is 0 Å². The van der Waals surface area contributed by atoms with Gasteiger partial charge in [0.1, 0.15) is 0 Å². The van der Waals surface area contributed by atoms with E-state index in [1.165, 1.54) is 11.1 Å². The molecule has 0 aromatic carbocycles. The third kappa shape index (κ3) is 2.47. The van der Waals surface area contributed by atoms with Gasteiger partial charge < -0.3 is 29.2 Å². The molecule has 6 rings (SSSR count). The molecule has 5 aliphatic rings. The molecule has 1 aromatic rings. The van der Waals surface area contributed by atoms with E-state index < -0.39 is 34.4 Å². The maximum atomic E-state index is 12.2. The molecule has 3 aliphatic carbocycles. The molecule has 33 heavy (non-hydrogen) atoms. The van der Waals surface area contributed by atoms with Crippen molar-refractivity contribution in [2.45, 2.75) is 83.4 Å². The Hall–Kier alpha value is -1.67. The molecule has 2 saturated heterocycles. The molecule has 1 aromatic heterocycles. The molecule has 0 radical (unpaired) electrons. The number of rotatable bonds is 3. The van der Waals surface area contributed by atoms with Gasteiger partial charge in [-0.1, -0.05) is 26.3 Å². The summed E-state index contributed by atoms with van der Waals surface area (Å²) in [5.41, 5.74) is 1.66. The molecule has 11 atom stereocenters. The monoisotopic (exact) mass is 458 g/mol. The Kier molecular flexibility index (Phi) is 4.44. The molecule has 2 saturated carbocycles. The summed E-state index contributed by atoms with van der Waals surface area (Å²) in [6.07, 6.45) is 2.21. The average Bonchev–Trinajstić information content (AvgIpc) is 3.50. The third-order valence-corrected chi connectivity index (χ3v) is 10.5. The second-order valence-corrected chi connectivity index (χ2v) is 11.8. The molecular formula is C26H34O7. The van der Waals surface area contributed by atoms with Gasteiger partial charge in [-0.2, -0.15) is 0 Å². The number of hydrogen-bond acceptors (Lipinski definition) is 6. The predicted molar refractivity (Wildman–Crippen MR) is 117 cm³/mol. The van der Waals surface area contributed by atoms with Crippen molar-refractivity contribution in [2.24, 2.45) is 28.1 Å². The molecule has 3 N–H and O–H groups in total. The molecule has 0 amide bonds. The lowest BCUT2D eigenvalue weighted by Gasteiger charge is -2.64. The van der Waals surface area contributed by atoms with Crippen LogP contribution in [0.5, 0.6) is 0 Å². The Morgan fingerprint density at radius 3 is 2.61 bits per heavy atom. The molecule has 0 unspecified atom stereocenters. The van der Waals surface area contributed by atoms with Gasteiger partial charge in [0.2, 0.25) is 0 Å². The minimum absolute atomic E-state index is 0.0564. The molecular weight excluding hydrogens is 424 g/mol. The summed E-state index contributed by atoms with van der Waals surface area (Å²) in [6, 6.07) is 1.99. The maximum absolute atomic E-state index is 12.2. The minimum Gasteiger partial charge on any atom is -0.481 e. The molecule has 0 bridgehead atoms. The fraction of sp³-hybridized carbons (Fsp3) is 0.731. The van der Waals surface area contributed by atoms with Gasteiger partial charge in [-0.05, 0) is 36.5 Å². The molecule has 2 aliphatic heterocycles. The van der Waals surface area contributed by atoms with Crippen LogP contribution in [0.1, 0.15) is 58.4 Å². The molecule has 3 heterocycles. The van der Waals surface area contributed by atoms with Crippen LogP contribution in [0.15, 0.2) is 34.2 Å². The van der Waals surface area contributed by atoms with Crippen LogP contribution in [-0.4, -0.2) is 58.4 Å². The summed E-state index contributed by atoms with van der Waals surface area (Å²) in [5.74, 6) is -1.24. The van der Waals surface area contributed by atoms with E-state index in [1.807, 2.05) is 19.9 Å². The van der Waals surface area contributed by atoms with Crippen LogP contribution >= 0.6 is 0 Å². The quantitative estimate of drug-likeness (QED) is 0.597. The smallest absolute Gasteiger partial charge is 0.303 e. The van der Waals surface area contributed by atoms with Crippen molar-refractivity contribution in [3.05, 3.63) is 35.3 Å². The Morgan fingerprint density at radius 2 is 1.94 bits per heavy atom. The van der Waals surface area contributed by atoms with E-state index in [4.69, 9.17) is 13.9 Å². The summed E-state index contributed by atoms with van der Waals surface area (Å²) in [7, 11) is 0. The summed E-state index contributed by atoms with van der Waals surface area (Å²) in [6.45, 7) is 8.73. The Morgan fingerprint density at radius 1 is 1.18 bits per heavy atom. The lowest BCUT2D eigenvalue weighted by Crippen LogP contribution is -2.70. The van der Waals surface area contributed by atoms with Gasteiger partial charge in [0.15, 0.2) is 0 Å². The van der Waals surface area contributed by atoms with E-state index in [2.05, 4.69) is 13.8 Å².